The Kier molecular flexibility index (Phi) is 9.48. The second-order valence-electron chi connectivity index (χ2n) is 7.54. The number of aryl methyl sites for hydroxylation is 2. The molecule has 0 saturated carbocycles. The number of sulfonamides is 2. The van der Waals surface area contributed by atoms with Crippen LogP contribution in [0, 0.1) is 13.8 Å². The lowest BCUT2D eigenvalue weighted by molar-refractivity contribution is 0.556. The molecule has 2 aromatic carbocycles. The molecule has 0 saturated heterocycles. The Bertz CT molecular complexity index is 901. The molecule has 0 radical (unpaired) electrons. The van der Waals surface area contributed by atoms with Crippen LogP contribution in [0.5, 0.6) is 0 Å². The highest BCUT2D eigenvalue weighted by molar-refractivity contribution is 7.89. The molecule has 6 nitrogen and oxygen atoms in total. The lowest BCUT2D eigenvalue weighted by Crippen LogP contribution is -2.25. The van der Waals surface area contributed by atoms with Gasteiger partial charge in [0.1, 0.15) is 0 Å². The summed E-state index contributed by atoms with van der Waals surface area (Å²) in [5.41, 5.74) is 2.05. The Morgan fingerprint density at radius 1 is 0.533 bits per heavy atom. The number of unbranched alkanes of at least 4 members (excludes halogenated alkanes) is 5. The van der Waals surface area contributed by atoms with E-state index in [9.17, 15) is 16.8 Å². The number of benzene rings is 2. The van der Waals surface area contributed by atoms with Crippen molar-refractivity contribution in [2.45, 2.75) is 62.2 Å². The first-order chi connectivity index (χ1) is 14.2. The molecule has 0 atom stereocenters. The zero-order valence-corrected chi connectivity index (χ0v) is 19.4. The summed E-state index contributed by atoms with van der Waals surface area (Å²) < 4.78 is 54.0. The van der Waals surface area contributed by atoms with Crippen LogP contribution in [-0.2, 0) is 20.0 Å². The van der Waals surface area contributed by atoms with E-state index >= 15 is 0 Å². The predicted molar refractivity (Wildman–Crippen MR) is 120 cm³/mol. The molecule has 2 rings (SSSR count). The van der Waals surface area contributed by atoms with Gasteiger partial charge in [-0.3, -0.25) is 0 Å². The predicted octanol–water partition coefficient (Wildman–Crippen LogP) is 3.90. The molecule has 30 heavy (non-hydrogen) atoms. The van der Waals surface area contributed by atoms with Gasteiger partial charge in [0.25, 0.3) is 0 Å². The second kappa shape index (κ2) is 11.6. The topological polar surface area (TPSA) is 92.3 Å². The van der Waals surface area contributed by atoms with Crippen molar-refractivity contribution >= 4 is 20.0 Å². The molecule has 0 bridgehead atoms. The fourth-order valence-electron chi connectivity index (χ4n) is 2.97. The van der Waals surface area contributed by atoms with Crippen molar-refractivity contribution in [2.75, 3.05) is 13.1 Å². The van der Waals surface area contributed by atoms with E-state index < -0.39 is 20.0 Å². The molecule has 0 heterocycles. The minimum absolute atomic E-state index is 0.293. The first-order valence-corrected chi connectivity index (χ1v) is 13.3. The molecule has 2 N–H and O–H groups in total. The van der Waals surface area contributed by atoms with E-state index in [0.29, 0.717) is 22.9 Å². The Labute approximate surface area is 181 Å². The van der Waals surface area contributed by atoms with Crippen molar-refractivity contribution in [3.05, 3.63) is 59.7 Å². The highest BCUT2D eigenvalue weighted by Gasteiger charge is 2.13. The quantitative estimate of drug-likeness (QED) is 0.451. The summed E-state index contributed by atoms with van der Waals surface area (Å²) in [7, 11) is -6.87. The monoisotopic (exact) mass is 452 g/mol. The van der Waals surface area contributed by atoms with Crippen molar-refractivity contribution in [3.8, 4) is 0 Å². The van der Waals surface area contributed by atoms with Gasteiger partial charge in [-0.2, -0.15) is 0 Å². The largest absolute Gasteiger partial charge is 0.240 e. The van der Waals surface area contributed by atoms with Gasteiger partial charge < -0.3 is 0 Å². The van der Waals surface area contributed by atoms with Gasteiger partial charge in [0.05, 0.1) is 9.79 Å². The fraction of sp³-hybridized carbons (Fsp3) is 0.455. The van der Waals surface area contributed by atoms with Gasteiger partial charge in [-0.25, -0.2) is 26.3 Å². The van der Waals surface area contributed by atoms with Crippen LogP contribution in [0.4, 0.5) is 0 Å². The Morgan fingerprint density at radius 2 is 0.833 bits per heavy atom. The first kappa shape index (κ1) is 24.5. The Hall–Kier alpha value is -1.74. The third-order valence-corrected chi connectivity index (χ3v) is 7.80. The third kappa shape index (κ3) is 8.18. The van der Waals surface area contributed by atoms with E-state index in [0.717, 1.165) is 49.7 Å². The smallest absolute Gasteiger partial charge is 0.211 e. The van der Waals surface area contributed by atoms with E-state index in [-0.39, 0.29) is 0 Å². The average molecular weight is 453 g/mol. The van der Waals surface area contributed by atoms with Crippen LogP contribution >= 0.6 is 0 Å². The van der Waals surface area contributed by atoms with Crippen molar-refractivity contribution in [2.24, 2.45) is 0 Å². The lowest BCUT2D eigenvalue weighted by Gasteiger charge is -2.08. The average Bonchev–Trinajstić information content (AvgIpc) is 2.70. The van der Waals surface area contributed by atoms with Crippen molar-refractivity contribution in [3.63, 3.8) is 0 Å². The maximum absolute atomic E-state index is 12.2. The minimum Gasteiger partial charge on any atom is -0.211 e. The molecule has 0 aliphatic rings. The normalized spacial score (nSPS) is 12.2. The molecule has 8 heteroatoms. The molecule has 0 fully saturated rings. The summed E-state index contributed by atoms with van der Waals surface area (Å²) >= 11 is 0. The Morgan fingerprint density at radius 3 is 1.17 bits per heavy atom. The number of rotatable bonds is 13. The maximum atomic E-state index is 12.2. The number of hydrogen-bond acceptors (Lipinski definition) is 4. The summed E-state index contributed by atoms with van der Waals surface area (Å²) in [5, 5.41) is 0. The number of nitrogens with one attached hydrogen (secondary N) is 2. The van der Waals surface area contributed by atoms with Gasteiger partial charge in [-0.1, -0.05) is 61.1 Å². The van der Waals surface area contributed by atoms with Crippen LogP contribution in [-0.4, -0.2) is 29.9 Å². The first-order valence-electron chi connectivity index (χ1n) is 10.3. The van der Waals surface area contributed by atoms with Crippen LogP contribution in [0.15, 0.2) is 58.3 Å². The summed E-state index contributed by atoms with van der Waals surface area (Å²) in [6.07, 6.45) is 5.43. The highest BCUT2D eigenvalue weighted by Crippen LogP contribution is 2.12. The van der Waals surface area contributed by atoms with Crippen LogP contribution in [0.1, 0.15) is 49.7 Å². The summed E-state index contributed by atoms with van der Waals surface area (Å²) in [4.78, 5) is 0.586. The van der Waals surface area contributed by atoms with E-state index in [1.165, 1.54) is 0 Å². The van der Waals surface area contributed by atoms with Crippen LogP contribution in [0.25, 0.3) is 0 Å². The lowest BCUT2D eigenvalue weighted by atomic mass is 10.1. The zero-order chi connectivity index (χ0) is 22.0. The Balaban J connectivity index is 1.54. The molecule has 0 aromatic heterocycles. The fourth-order valence-corrected chi connectivity index (χ4v) is 5.12. The highest BCUT2D eigenvalue weighted by atomic mass is 32.2. The minimum atomic E-state index is -3.44. The van der Waals surface area contributed by atoms with Crippen molar-refractivity contribution in [1.29, 1.82) is 0 Å². The van der Waals surface area contributed by atoms with Gasteiger partial charge in [0.15, 0.2) is 0 Å². The van der Waals surface area contributed by atoms with Gasteiger partial charge in [0.2, 0.25) is 20.0 Å². The van der Waals surface area contributed by atoms with Gasteiger partial charge >= 0.3 is 0 Å². The number of hydrogen-bond donors (Lipinski definition) is 2. The van der Waals surface area contributed by atoms with Crippen LogP contribution in [0.2, 0.25) is 0 Å². The second-order valence-corrected chi connectivity index (χ2v) is 11.1. The van der Waals surface area contributed by atoms with Crippen molar-refractivity contribution < 1.29 is 16.8 Å². The molecular formula is C22H32N2O4S2. The SMILES string of the molecule is Cc1ccc(S(=O)(=O)NCCCCCCCCNS(=O)(=O)c2ccc(C)cc2)cc1. The van der Waals surface area contributed by atoms with E-state index in [4.69, 9.17) is 0 Å². The molecule has 0 aliphatic heterocycles. The molecule has 0 amide bonds. The summed E-state index contributed by atoms with van der Waals surface area (Å²) in [5.74, 6) is 0. The third-order valence-electron chi connectivity index (χ3n) is 4.85. The molecule has 0 unspecified atom stereocenters. The van der Waals surface area contributed by atoms with E-state index in [1.54, 1.807) is 48.5 Å². The molecule has 0 aliphatic carbocycles. The maximum Gasteiger partial charge on any atom is 0.240 e. The molecular weight excluding hydrogens is 420 g/mol. The molecule has 166 valence electrons. The van der Waals surface area contributed by atoms with Crippen LogP contribution < -0.4 is 9.44 Å². The van der Waals surface area contributed by atoms with Gasteiger partial charge in [-0.05, 0) is 51.0 Å². The molecule has 0 spiro atoms. The zero-order valence-electron chi connectivity index (χ0n) is 17.7. The van der Waals surface area contributed by atoms with Crippen molar-refractivity contribution in [1.82, 2.24) is 9.44 Å². The standard InChI is InChI=1S/C22H32N2O4S2/c1-19-9-13-21(14-10-19)29(25,26)23-17-7-5-3-4-6-8-18-24-30(27,28)22-15-11-20(2)12-16-22/h9-16,23-24H,3-8,17-18H2,1-2H3. The molecule has 2 aromatic rings. The van der Waals surface area contributed by atoms with Gasteiger partial charge in [-0.15, -0.1) is 0 Å². The van der Waals surface area contributed by atoms with E-state index in [2.05, 4.69) is 9.44 Å². The van der Waals surface area contributed by atoms with E-state index in [1.807, 2.05) is 13.8 Å². The summed E-state index contributed by atoms with van der Waals surface area (Å²) in [6, 6.07) is 13.6. The van der Waals surface area contributed by atoms with Crippen LogP contribution in [0.3, 0.4) is 0 Å². The van der Waals surface area contributed by atoms with Gasteiger partial charge in [0, 0.05) is 13.1 Å². The summed E-state index contributed by atoms with van der Waals surface area (Å²) in [6.45, 7) is 4.69.